The van der Waals surface area contributed by atoms with Crippen molar-refractivity contribution in [1.29, 1.82) is 0 Å². The molecule has 64 valence electrons. The van der Waals surface area contributed by atoms with E-state index in [0.29, 0.717) is 0 Å². The van der Waals surface area contributed by atoms with Gasteiger partial charge in [-0.15, -0.1) is 0 Å². The SMILES string of the molecule is CC(C)ONC(=O)C1CNC1. The highest BCUT2D eigenvalue weighted by Crippen LogP contribution is 2.01. The molecule has 1 fully saturated rings. The van der Waals surface area contributed by atoms with E-state index in [2.05, 4.69) is 10.8 Å². The highest BCUT2D eigenvalue weighted by molar-refractivity contribution is 5.78. The monoisotopic (exact) mass is 158 g/mol. The van der Waals surface area contributed by atoms with Crippen molar-refractivity contribution in [2.24, 2.45) is 5.92 Å². The van der Waals surface area contributed by atoms with Crippen molar-refractivity contribution in [2.75, 3.05) is 13.1 Å². The van der Waals surface area contributed by atoms with Crippen molar-refractivity contribution in [3.05, 3.63) is 0 Å². The molecule has 0 aromatic rings. The quantitative estimate of drug-likeness (QED) is 0.552. The van der Waals surface area contributed by atoms with Gasteiger partial charge in [-0.05, 0) is 13.8 Å². The van der Waals surface area contributed by atoms with Crippen LogP contribution < -0.4 is 10.8 Å². The van der Waals surface area contributed by atoms with Crippen LogP contribution in [0.5, 0.6) is 0 Å². The Morgan fingerprint density at radius 3 is 2.64 bits per heavy atom. The molecule has 0 aliphatic carbocycles. The summed E-state index contributed by atoms with van der Waals surface area (Å²) in [4.78, 5) is 16.0. The van der Waals surface area contributed by atoms with Crippen molar-refractivity contribution in [3.8, 4) is 0 Å². The molecule has 4 heteroatoms. The van der Waals surface area contributed by atoms with Crippen molar-refractivity contribution in [2.45, 2.75) is 20.0 Å². The molecule has 0 saturated carbocycles. The predicted molar refractivity (Wildman–Crippen MR) is 40.7 cm³/mol. The standard InChI is InChI=1S/C7H14N2O2/c1-5(2)11-9-7(10)6-3-8-4-6/h5-6,8H,3-4H2,1-2H3,(H,9,10). The van der Waals surface area contributed by atoms with E-state index >= 15 is 0 Å². The van der Waals surface area contributed by atoms with E-state index in [0.717, 1.165) is 13.1 Å². The third kappa shape index (κ3) is 2.48. The molecule has 1 aliphatic rings. The van der Waals surface area contributed by atoms with Gasteiger partial charge in [-0.3, -0.25) is 9.63 Å². The molecule has 0 bridgehead atoms. The summed E-state index contributed by atoms with van der Waals surface area (Å²) in [6, 6.07) is 0. The molecule has 0 aromatic carbocycles. The van der Waals surface area contributed by atoms with Crippen LogP contribution in [-0.4, -0.2) is 25.1 Å². The fourth-order valence-corrected chi connectivity index (χ4v) is 0.733. The van der Waals surface area contributed by atoms with E-state index in [-0.39, 0.29) is 17.9 Å². The molecule has 1 saturated heterocycles. The first-order chi connectivity index (χ1) is 5.20. The highest BCUT2D eigenvalue weighted by atomic mass is 16.7. The summed E-state index contributed by atoms with van der Waals surface area (Å²) in [7, 11) is 0. The number of hydrogen-bond donors (Lipinski definition) is 2. The lowest BCUT2D eigenvalue weighted by molar-refractivity contribution is -0.142. The van der Waals surface area contributed by atoms with Gasteiger partial charge in [0.1, 0.15) is 0 Å². The van der Waals surface area contributed by atoms with E-state index in [1.54, 1.807) is 0 Å². The van der Waals surface area contributed by atoms with E-state index in [9.17, 15) is 4.79 Å². The van der Waals surface area contributed by atoms with Crippen LogP contribution in [0, 0.1) is 5.92 Å². The average Bonchev–Trinajstić information content (AvgIpc) is 1.79. The van der Waals surface area contributed by atoms with Crippen molar-refractivity contribution in [1.82, 2.24) is 10.8 Å². The Kier molecular flexibility index (Phi) is 2.84. The Balaban J connectivity index is 2.10. The molecule has 4 nitrogen and oxygen atoms in total. The fraction of sp³-hybridized carbons (Fsp3) is 0.857. The number of rotatable bonds is 3. The van der Waals surface area contributed by atoms with Crippen LogP contribution in [0.25, 0.3) is 0 Å². The van der Waals surface area contributed by atoms with Crippen molar-refractivity contribution < 1.29 is 9.63 Å². The summed E-state index contributed by atoms with van der Waals surface area (Å²) < 4.78 is 0. The number of carbonyl (C=O) groups excluding carboxylic acids is 1. The first-order valence-corrected chi connectivity index (χ1v) is 3.86. The topological polar surface area (TPSA) is 50.4 Å². The Morgan fingerprint density at radius 1 is 1.64 bits per heavy atom. The van der Waals surface area contributed by atoms with Gasteiger partial charge in [-0.2, -0.15) is 0 Å². The molecular formula is C7H14N2O2. The van der Waals surface area contributed by atoms with Gasteiger partial charge in [-0.25, -0.2) is 5.48 Å². The predicted octanol–water partition coefficient (Wildman–Crippen LogP) is -0.338. The van der Waals surface area contributed by atoms with Gasteiger partial charge >= 0.3 is 0 Å². The Hall–Kier alpha value is -0.610. The second-order valence-electron chi connectivity index (χ2n) is 2.99. The van der Waals surface area contributed by atoms with Crippen LogP contribution in [0.15, 0.2) is 0 Å². The minimum atomic E-state index is -0.0162. The van der Waals surface area contributed by atoms with Crippen molar-refractivity contribution in [3.63, 3.8) is 0 Å². The maximum absolute atomic E-state index is 11.1. The fourth-order valence-electron chi connectivity index (χ4n) is 0.733. The van der Waals surface area contributed by atoms with Crippen LogP contribution in [0.2, 0.25) is 0 Å². The van der Waals surface area contributed by atoms with E-state index in [4.69, 9.17) is 4.84 Å². The Labute approximate surface area is 66.3 Å². The molecule has 1 aliphatic heterocycles. The van der Waals surface area contributed by atoms with Gasteiger partial charge in [-0.1, -0.05) is 0 Å². The maximum Gasteiger partial charge on any atom is 0.249 e. The Morgan fingerprint density at radius 2 is 2.27 bits per heavy atom. The largest absolute Gasteiger partial charge is 0.315 e. The molecule has 2 N–H and O–H groups in total. The summed E-state index contributed by atoms with van der Waals surface area (Å²) >= 11 is 0. The van der Waals surface area contributed by atoms with E-state index < -0.39 is 0 Å². The molecular weight excluding hydrogens is 144 g/mol. The molecule has 0 atom stereocenters. The van der Waals surface area contributed by atoms with Crippen LogP contribution in [0.4, 0.5) is 0 Å². The summed E-state index contributed by atoms with van der Waals surface area (Å²) in [5, 5.41) is 3.01. The van der Waals surface area contributed by atoms with Gasteiger partial charge in [0, 0.05) is 13.1 Å². The molecule has 0 spiro atoms. The lowest BCUT2D eigenvalue weighted by Crippen LogP contribution is -2.51. The van der Waals surface area contributed by atoms with E-state index in [1.165, 1.54) is 0 Å². The normalized spacial score (nSPS) is 18.1. The Bertz CT molecular complexity index is 143. The molecule has 1 heterocycles. The first-order valence-electron chi connectivity index (χ1n) is 3.86. The number of carbonyl (C=O) groups is 1. The zero-order valence-corrected chi connectivity index (χ0v) is 6.89. The second-order valence-corrected chi connectivity index (χ2v) is 2.99. The van der Waals surface area contributed by atoms with Crippen LogP contribution in [0.3, 0.4) is 0 Å². The van der Waals surface area contributed by atoms with Gasteiger partial charge in [0.2, 0.25) is 5.91 Å². The summed E-state index contributed by atoms with van der Waals surface area (Å²) in [5.41, 5.74) is 2.41. The second kappa shape index (κ2) is 3.69. The van der Waals surface area contributed by atoms with E-state index in [1.807, 2.05) is 13.8 Å². The molecule has 1 rings (SSSR count). The van der Waals surface area contributed by atoms with Gasteiger partial charge < -0.3 is 5.32 Å². The molecule has 1 amide bonds. The van der Waals surface area contributed by atoms with Crippen LogP contribution in [-0.2, 0) is 9.63 Å². The summed E-state index contributed by atoms with van der Waals surface area (Å²) in [5.74, 6) is 0.0891. The molecule has 0 unspecified atom stereocenters. The maximum atomic E-state index is 11.1. The zero-order chi connectivity index (χ0) is 8.27. The lowest BCUT2D eigenvalue weighted by Gasteiger charge is -2.25. The molecule has 11 heavy (non-hydrogen) atoms. The molecule has 0 radical (unpaired) electrons. The minimum Gasteiger partial charge on any atom is -0.315 e. The first kappa shape index (κ1) is 8.49. The molecule has 0 aromatic heterocycles. The van der Waals surface area contributed by atoms with Crippen LogP contribution >= 0.6 is 0 Å². The highest BCUT2D eigenvalue weighted by Gasteiger charge is 2.24. The minimum absolute atomic E-state index is 0.0162. The van der Waals surface area contributed by atoms with Gasteiger partial charge in [0.25, 0.3) is 0 Å². The number of amides is 1. The van der Waals surface area contributed by atoms with Gasteiger partial charge in [0.05, 0.1) is 12.0 Å². The van der Waals surface area contributed by atoms with Gasteiger partial charge in [0.15, 0.2) is 0 Å². The third-order valence-corrected chi connectivity index (χ3v) is 1.55. The number of hydrogen-bond acceptors (Lipinski definition) is 3. The number of hydroxylamine groups is 1. The van der Waals surface area contributed by atoms with Crippen molar-refractivity contribution >= 4 is 5.91 Å². The smallest absolute Gasteiger partial charge is 0.249 e. The zero-order valence-electron chi connectivity index (χ0n) is 6.89. The third-order valence-electron chi connectivity index (χ3n) is 1.55. The summed E-state index contributed by atoms with van der Waals surface area (Å²) in [6.07, 6.45) is 0.0481. The average molecular weight is 158 g/mol. The van der Waals surface area contributed by atoms with Crippen LogP contribution in [0.1, 0.15) is 13.8 Å². The summed E-state index contributed by atoms with van der Waals surface area (Å²) in [6.45, 7) is 5.29. The lowest BCUT2D eigenvalue weighted by atomic mass is 10.0. The number of nitrogens with one attached hydrogen (secondary N) is 2.